The number of allylic oxidation sites excluding steroid dienone is 5. The number of rotatable bonds is 2. The molecule has 86 valence electrons. The Morgan fingerprint density at radius 1 is 1.18 bits per heavy atom. The minimum absolute atomic E-state index is 0.136. The monoisotopic (exact) mass is 291 g/mol. The molecule has 0 aliphatic heterocycles. The first-order valence-corrected chi connectivity index (χ1v) is 5.81. The largest absolute Gasteiger partial charge is 0.289 e. The van der Waals surface area contributed by atoms with Crippen molar-refractivity contribution in [3.05, 3.63) is 64.8 Å². The number of carbonyl (C=O) groups is 1. The van der Waals surface area contributed by atoms with Crippen molar-refractivity contribution in [3.8, 4) is 0 Å². The number of nitrogens with zero attached hydrogens (tertiary/aromatic N) is 1. The summed E-state index contributed by atoms with van der Waals surface area (Å²) in [4.78, 5) is 11.5. The zero-order chi connectivity index (χ0) is 12.3. The van der Waals surface area contributed by atoms with E-state index in [2.05, 4.69) is 15.9 Å². The molecule has 0 spiro atoms. The fraction of sp³-hybridized carbons (Fsp3) is 0. The predicted octanol–water partition coefficient (Wildman–Crippen LogP) is 3.18. The molecule has 1 aromatic rings. The number of ketones is 1. The van der Waals surface area contributed by atoms with Crippen molar-refractivity contribution in [1.82, 2.24) is 0 Å². The number of hydrogen-bond donors (Lipinski definition) is 1. The van der Waals surface area contributed by atoms with Crippen molar-refractivity contribution >= 4 is 27.4 Å². The molecule has 0 saturated heterocycles. The maximum atomic E-state index is 11.5. The van der Waals surface area contributed by atoms with Gasteiger partial charge in [0.1, 0.15) is 0 Å². The summed E-state index contributed by atoms with van der Waals surface area (Å²) < 4.78 is 0.796. The number of halogens is 1. The highest BCUT2D eigenvalue weighted by Gasteiger charge is 2.10. The van der Waals surface area contributed by atoms with E-state index in [1.165, 1.54) is 12.3 Å². The number of hydroxylamine groups is 1. The van der Waals surface area contributed by atoms with Crippen molar-refractivity contribution in [3.63, 3.8) is 0 Å². The second-order valence-corrected chi connectivity index (χ2v) is 4.41. The fourth-order valence-corrected chi connectivity index (χ4v) is 1.79. The van der Waals surface area contributed by atoms with E-state index in [1.807, 2.05) is 18.2 Å². The van der Waals surface area contributed by atoms with Crippen LogP contribution in [0.25, 0.3) is 0 Å². The highest BCUT2D eigenvalue weighted by atomic mass is 79.9. The number of carbonyl (C=O) groups excluding carboxylic acids is 1. The van der Waals surface area contributed by atoms with Crippen LogP contribution in [0.4, 0.5) is 5.69 Å². The van der Waals surface area contributed by atoms with Gasteiger partial charge in [0, 0.05) is 16.3 Å². The van der Waals surface area contributed by atoms with E-state index in [1.54, 1.807) is 24.3 Å². The van der Waals surface area contributed by atoms with E-state index < -0.39 is 0 Å². The van der Waals surface area contributed by atoms with Gasteiger partial charge in [0.05, 0.1) is 5.69 Å². The zero-order valence-corrected chi connectivity index (χ0v) is 10.5. The van der Waals surface area contributed by atoms with Crippen molar-refractivity contribution in [2.45, 2.75) is 0 Å². The Labute approximate surface area is 107 Å². The molecular formula is C13H10BrNO2. The van der Waals surface area contributed by atoms with Crippen LogP contribution in [-0.4, -0.2) is 11.0 Å². The Balaban J connectivity index is 2.26. The molecule has 3 nitrogen and oxygen atoms in total. The van der Waals surface area contributed by atoms with Gasteiger partial charge < -0.3 is 0 Å². The second kappa shape index (κ2) is 5.12. The van der Waals surface area contributed by atoms with Crippen LogP contribution in [0.2, 0.25) is 0 Å². The van der Waals surface area contributed by atoms with Crippen LogP contribution in [0.15, 0.2) is 64.8 Å². The summed E-state index contributed by atoms with van der Waals surface area (Å²) in [5, 5.41) is 10.7. The summed E-state index contributed by atoms with van der Waals surface area (Å²) in [6, 6.07) is 8.98. The van der Waals surface area contributed by atoms with Gasteiger partial charge >= 0.3 is 0 Å². The quantitative estimate of drug-likeness (QED) is 0.672. The lowest BCUT2D eigenvalue weighted by Gasteiger charge is -2.13. The molecule has 0 unspecified atom stereocenters. The highest BCUT2D eigenvalue weighted by Crippen LogP contribution is 2.19. The van der Waals surface area contributed by atoms with E-state index in [4.69, 9.17) is 0 Å². The third kappa shape index (κ3) is 2.93. The Morgan fingerprint density at radius 2 is 1.88 bits per heavy atom. The van der Waals surface area contributed by atoms with E-state index >= 15 is 0 Å². The highest BCUT2D eigenvalue weighted by molar-refractivity contribution is 9.11. The van der Waals surface area contributed by atoms with Crippen LogP contribution in [0, 0.1) is 0 Å². The molecule has 0 radical (unpaired) electrons. The van der Waals surface area contributed by atoms with E-state index in [0.29, 0.717) is 11.3 Å². The van der Waals surface area contributed by atoms with Crippen molar-refractivity contribution < 1.29 is 10.0 Å². The van der Waals surface area contributed by atoms with Crippen molar-refractivity contribution in [1.29, 1.82) is 0 Å². The molecule has 1 N–H and O–H groups in total. The van der Waals surface area contributed by atoms with E-state index in [-0.39, 0.29) is 5.78 Å². The molecule has 0 heterocycles. The molecule has 1 aliphatic carbocycles. The lowest BCUT2D eigenvalue weighted by molar-refractivity contribution is -0.111. The molecule has 0 fully saturated rings. The van der Waals surface area contributed by atoms with Gasteiger partial charge in [-0.2, -0.15) is 0 Å². The number of hydrogen-bond acceptors (Lipinski definition) is 3. The standard InChI is InChI=1S/C13H10BrNO2/c14-11-6-7-13(16)10(8-11)9-15(17)12-4-2-1-3-5-12/h1-9,17H/b10-9+. The van der Waals surface area contributed by atoms with E-state index in [0.717, 1.165) is 9.55 Å². The average Bonchev–Trinajstić information content (AvgIpc) is 2.35. The number of anilines is 1. The van der Waals surface area contributed by atoms with E-state index in [9.17, 15) is 10.0 Å². The summed E-state index contributed by atoms with van der Waals surface area (Å²) in [5.41, 5.74) is 1.03. The molecule has 1 aromatic carbocycles. The molecular weight excluding hydrogens is 282 g/mol. The van der Waals surface area contributed by atoms with Crippen LogP contribution in [0.3, 0.4) is 0 Å². The maximum absolute atomic E-state index is 11.5. The SMILES string of the molecule is O=C1C=CC(Br)=C/C1=C\N(O)c1ccccc1. The molecule has 1 aliphatic rings. The molecule has 0 saturated carbocycles. The van der Waals surface area contributed by atoms with Crippen LogP contribution >= 0.6 is 15.9 Å². The average molecular weight is 292 g/mol. The zero-order valence-electron chi connectivity index (χ0n) is 8.88. The predicted molar refractivity (Wildman–Crippen MR) is 69.9 cm³/mol. The minimum atomic E-state index is -0.136. The summed E-state index contributed by atoms with van der Waals surface area (Å²) in [5.74, 6) is -0.136. The summed E-state index contributed by atoms with van der Waals surface area (Å²) in [7, 11) is 0. The molecule has 4 heteroatoms. The molecule has 0 aromatic heterocycles. The fourth-order valence-electron chi connectivity index (χ4n) is 1.41. The first-order chi connectivity index (χ1) is 8.16. The normalized spacial score (nSPS) is 17.2. The molecule has 17 heavy (non-hydrogen) atoms. The van der Waals surface area contributed by atoms with Crippen LogP contribution < -0.4 is 5.06 Å². The van der Waals surface area contributed by atoms with Crippen LogP contribution in [0.1, 0.15) is 0 Å². The van der Waals surface area contributed by atoms with Crippen LogP contribution in [-0.2, 0) is 4.79 Å². The summed E-state index contributed by atoms with van der Waals surface area (Å²) in [6.07, 6.45) is 6.18. The van der Waals surface area contributed by atoms with Crippen LogP contribution in [0.5, 0.6) is 0 Å². The smallest absolute Gasteiger partial charge is 0.187 e. The molecule has 2 rings (SSSR count). The number of para-hydroxylation sites is 1. The second-order valence-electron chi connectivity index (χ2n) is 3.49. The van der Waals surface area contributed by atoms with Gasteiger partial charge in [-0.15, -0.1) is 0 Å². The molecule has 0 atom stereocenters. The molecule has 0 amide bonds. The van der Waals surface area contributed by atoms with Gasteiger partial charge in [-0.1, -0.05) is 34.1 Å². The van der Waals surface area contributed by atoms with Gasteiger partial charge in [-0.3, -0.25) is 10.0 Å². The van der Waals surface area contributed by atoms with Gasteiger partial charge in [0.2, 0.25) is 0 Å². The van der Waals surface area contributed by atoms with Gasteiger partial charge in [-0.05, 0) is 30.4 Å². The third-order valence-corrected chi connectivity index (χ3v) is 2.75. The Kier molecular flexibility index (Phi) is 3.56. The summed E-state index contributed by atoms with van der Waals surface area (Å²) >= 11 is 3.28. The lowest BCUT2D eigenvalue weighted by atomic mass is 10.1. The Bertz CT molecular complexity index is 517. The van der Waals surface area contributed by atoms with Crippen molar-refractivity contribution in [2.24, 2.45) is 0 Å². The Morgan fingerprint density at radius 3 is 2.59 bits per heavy atom. The minimum Gasteiger partial charge on any atom is -0.289 e. The molecule has 0 bridgehead atoms. The first-order valence-electron chi connectivity index (χ1n) is 5.01. The van der Waals surface area contributed by atoms with Gasteiger partial charge in [-0.25, -0.2) is 5.06 Å². The van der Waals surface area contributed by atoms with Gasteiger partial charge in [0.25, 0.3) is 0 Å². The lowest BCUT2D eigenvalue weighted by Crippen LogP contribution is -2.13. The van der Waals surface area contributed by atoms with Crippen molar-refractivity contribution in [2.75, 3.05) is 5.06 Å². The maximum Gasteiger partial charge on any atom is 0.187 e. The number of benzene rings is 1. The first kappa shape index (κ1) is 11.8. The summed E-state index contributed by atoms with van der Waals surface area (Å²) in [6.45, 7) is 0. The topological polar surface area (TPSA) is 40.5 Å². The third-order valence-electron chi connectivity index (χ3n) is 2.25. The van der Waals surface area contributed by atoms with Gasteiger partial charge in [0.15, 0.2) is 5.78 Å². The Hall–Kier alpha value is -1.65.